The maximum atomic E-state index is 13.7. The number of nitrogens with one attached hydrogen (secondary N) is 1. The SMILES string of the molecule is CC(C)N(C(=O)NC(COCc1ccccc1)C(=O)N1CCc2ccc([N+](=O)[O-])cc2C1)C(=O)OC(C)(C)C. The van der Waals surface area contributed by atoms with Gasteiger partial charge in [-0.3, -0.25) is 14.9 Å². The summed E-state index contributed by atoms with van der Waals surface area (Å²) in [7, 11) is 0. The molecule has 1 atom stereocenters. The second kappa shape index (κ2) is 12.7. The number of benzene rings is 2. The van der Waals surface area contributed by atoms with Crippen molar-refractivity contribution in [1.29, 1.82) is 0 Å². The summed E-state index contributed by atoms with van der Waals surface area (Å²) in [6.45, 7) is 9.03. The Morgan fingerprint density at radius 3 is 2.41 bits per heavy atom. The second-order valence-corrected chi connectivity index (χ2v) is 10.7. The molecule has 2 aromatic rings. The van der Waals surface area contributed by atoms with E-state index in [2.05, 4.69) is 5.32 Å². The summed E-state index contributed by atoms with van der Waals surface area (Å²) >= 11 is 0. The van der Waals surface area contributed by atoms with Crippen molar-refractivity contribution in [2.75, 3.05) is 13.2 Å². The highest BCUT2D eigenvalue weighted by Gasteiger charge is 2.34. The maximum absolute atomic E-state index is 13.7. The third kappa shape index (κ3) is 8.25. The van der Waals surface area contributed by atoms with Crippen LogP contribution in [0.4, 0.5) is 15.3 Å². The molecular weight excluding hydrogens is 504 g/mol. The van der Waals surface area contributed by atoms with E-state index >= 15 is 0 Å². The number of non-ortho nitro benzene ring substituents is 1. The van der Waals surface area contributed by atoms with E-state index in [0.29, 0.717) is 18.5 Å². The summed E-state index contributed by atoms with van der Waals surface area (Å²) < 4.78 is 11.2. The van der Waals surface area contributed by atoms with Gasteiger partial charge in [0.05, 0.1) is 18.1 Å². The fourth-order valence-electron chi connectivity index (χ4n) is 4.17. The number of imide groups is 1. The lowest BCUT2D eigenvalue weighted by Gasteiger charge is -2.33. The molecule has 210 valence electrons. The number of amides is 4. The monoisotopic (exact) mass is 540 g/mol. The van der Waals surface area contributed by atoms with Crippen molar-refractivity contribution in [2.24, 2.45) is 0 Å². The number of nitro groups is 1. The third-order valence-corrected chi connectivity index (χ3v) is 6.04. The molecule has 11 heteroatoms. The van der Waals surface area contributed by atoms with Crippen molar-refractivity contribution in [2.45, 2.75) is 71.9 Å². The van der Waals surface area contributed by atoms with Gasteiger partial charge in [-0.2, -0.15) is 0 Å². The van der Waals surface area contributed by atoms with Crippen LogP contribution < -0.4 is 5.32 Å². The Labute approximate surface area is 228 Å². The van der Waals surface area contributed by atoms with Crippen LogP contribution in [0.1, 0.15) is 51.3 Å². The summed E-state index contributed by atoms with van der Waals surface area (Å²) in [5, 5.41) is 13.9. The van der Waals surface area contributed by atoms with E-state index in [0.717, 1.165) is 16.0 Å². The molecule has 4 amide bonds. The predicted octanol–water partition coefficient (Wildman–Crippen LogP) is 4.42. The van der Waals surface area contributed by atoms with Crippen LogP contribution in [-0.2, 0) is 33.8 Å². The molecule has 0 saturated carbocycles. The van der Waals surface area contributed by atoms with Gasteiger partial charge in [-0.05, 0) is 57.7 Å². The number of urea groups is 1. The minimum atomic E-state index is -1.11. The number of nitro benzene ring substituents is 1. The average molecular weight is 541 g/mol. The van der Waals surface area contributed by atoms with Gasteiger partial charge >= 0.3 is 12.1 Å². The smallest absolute Gasteiger partial charge is 0.418 e. The zero-order valence-corrected chi connectivity index (χ0v) is 23.0. The minimum absolute atomic E-state index is 0.0518. The Morgan fingerprint density at radius 1 is 1.10 bits per heavy atom. The highest BCUT2D eigenvalue weighted by atomic mass is 16.6. The molecule has 2 aromatic carbocycles. The first-order valence-electron chi connectivity index (χ1n) is 12.8. The Morgan fingerprint density at radius 2 is 1.79 bits per heavy atom. The van der Waals surface area contributed by atoms with Gasteiger partial charge in [0.15, 0.2) is 0 Å². The quantitative estimate of drug-likeness (QED) is 0.387. The van der Waals surface area contributed by atoms with Gasteiger partial charge in [-0.1, -0.05) is 36.4 Å². The number of hydrogen-bond donors (Lipinski definition) is 1. The van der Waals surface area contributed by atoms with E-state index in [9.17, 15) is 24.5 Å². The topological polar surface area (TPSA) is 131 Å². The van der Waals surface area contributed by atoms with Crippen LogP contribution in [0.3, 0.4) is 0 Å². The van der Waals surface area contributed by atoms with Crippen molar-refractivity contribution in [3.63, 3.8) is 0 Å². The summed E-state index contributed by atoms with van der Waals surface area (Å²) in [6.07, 6.45) is -0.314. The Hall–Kier alpha value is -3.99. The molecule has 0 saturated heterocycles. The highest BCUT2D eigenvalue weighted by molar-refractivity contribution is 5.94. The number of ether oxygens (including phenoxy) is 2. The van der Waals surface area contributed by atoms with E-state index in [1.165, 1.54) is 17.0 Å². The van der Waals surface area contributed by atoms with Gasteiger partial charge in [0.25, 0.3) is 5.69 Å². The van der Waals surface area contributed by atoms with E-state index in [4.69, 9.17) is 9.47 Å². The molecule has 0 fully saturated rings. The zero-order chi connectivity index (χ0) is 28.7. The standard InChI is InChI=1S/C28H36N4O7/c1-19(2)31(27(35)39-28(3,4)5)26(34)29-24(18-38-17-20-9-7-6-8-10-20)25(33)30-14-13-21-11-12-23(32(36)37)15-22(21)16-30/h6-12,15,19,24H,13-14,16-18H2,1-5H3,(H,29,34). The number of carbonyl (C=O) groups is 3. The molecule has 3 rings (SSSR count). The fourth-order valence-corrected chi connectivity index (χ4v) is 4.17. The van der Waals surface area contributed by atoms with Crippen LogP contribution in [0.2, 0.25) is 0 Å². The van der Waals surface area contributed by atoms with Gasteiger partial charge in [0, 0.05) is 31.3 Å². The Bertz CT molecular complexity index is 1190. The Balaban J connectivity index is 1.79. The molecule has 39 heavy (non-hydrogen) atoms. The first-order valence-corrected chi connectivity index (χ1v) is 12.8. The van der Waals surface area contributed by atoms with Crippen LogP contribution in [0, 0.1) is 10.1 Å². The summed E-state index contributed by atoms with van der Waals surface area (Å²) in [4.78, 5) is 52.9. The van der Waals surface area contributed by atoms with Crippen molar-refractivity contribution in [3.05, 3.63) is 75.3 Å². The zero-order valence-electron chi connectivity index (χ0n) is 23.0. The number of hydrogen-bond acceptors (Lipinski definition) is 7. The molecule has 1 heterocycles. The van der Waals surface area contributed by atoms with Crippen LogP contribution >= 0.6 is 0 Å². The van der Waals surface area contributed by atoms with E-state index in [-0.39, 0.29) is 25.4 Å². The molecule has 0 aromatic heterocycles. The molecule has 1 N–H and O–H groups in total. The molecule has 1 aliphatic rings. The van der Waals surface area contributed by atoms with Gasteiger partial charge in [0.1, 0.15) is 11.6 Å². The minimum Gasteiger partial charge on any atom is -0.443 e. The predicted molar refractivity (Wildman–Crippen MR) is 144 cm³/mol. The van der Waals surface area contributed by atoms with Crippen molar-refractivity contribution in [3.8, 4) is 0 Å². The van der Waals surface area contributed by atoms with Gasteiger partial charge < -0.3 is 19.7 Å². The summed E-state index contributed by atoms with van der Waals surface area (Å²) in [5.41, 5.74) is 1.64. The largest absolute Gasteiger partial charge is 0.443 e. The lowest BCUT2D eigenvalue weighted by atomic mass is 9.98. The first-order chi connectivity index (χ1) is 18.4. The fraction of sp³-hybridized carbons (Fsp3) is 0.464. The molecule has 11 nitrogen and oxygen atoms in total. The molecular formula is C28H36N4O7. The molecule has 0 bridgehead atoms. The molecule has 1 unspecified atom stereocenters. The lowest BCUT2D eigenvalue weighted by Crippen LogP contribution is -2.57. The van der Waals surface area contributed by atoms with Crippen molar-refractivity contribution in [1.82, 2.24) is 15.1 Å². The molecule has 0 aliphatic carbocycles. The molecule has 1 aliphatic heterocycles. The van der Waals surface area contributed by atoms with Gasteiger partial charge in [-0.15, -0.1) is 0 Å². The van der Waals surface area contributed by atoms with E-state index in [1.54, 1.807) is 40.7 Å². The summed E-state index contributed by atoms with van der Waals surface area (Å²) in [6, 6.07) is 11.6. The highest BCUT2D eigenvalue weighted by Crippen LogP contribution is 2.24. The number of carbonyl (C=O) groups excluding carboxylic acids is 3. The van der Waals surface area contributed by atoms with Crippen molar-refractivity contribution < 1.29 is 28.8 Å². The normalized spacial score (nSPS) is 13.8. The van der Waals surface area contributed by atoms with Crippen LogP contribution in [0.5, 0.6) is 0 Å². The van der Waals surface area contributed by atoms with Crippen molar-refractivity contribution >= 4 is 23.7 Å². The van der Waals surface area contributed by atoms with Crippen LogP contribution in [-0.4, -0.2) is 63.6 Å². The number of rotatable bonds is 8. The maximum Gasteiger partial charge on any atom is 0.418 e. The van der Waals surface area contributed by atoms with Gasteiger partial charge in [-0.25, -0.2) is 14.5 Å². The van der Waals surface area contributed by atoms with Crippen LogP contribution in [0.25, 0.3) is 0 Å². The number of fused-ring (bicyclic) bond motifs is 1. The van der Waals surface area contributed by atoms with E-state index in [1.807, 2.05) is 30.3 Å². The second-order valence-electron chi connectivity index (χ2n) is 10.7. The first kappa shape index (κ1) is 29.6. The number of nitrogens with zero attached hydrogens (tertiary/aromatic N) is 3. The summed E-state index contributed by atoms with van der Waals surface area (Å²) in [5.74, 6) is -0.415. The Kier molecular flexibility index (Phi) is 9.63. The van der Waals surface area contributed by atoms with Gasteiger partial charge in [0.2, 0.25) is 5.91 Å². The van der Waals surface area contributed by atoms with Crippen LogP contribution in [0.15, 0.2) is 48.5 Å². The van der Waals surface area contributed by atoms with E-state index < -0.39 is 40.6 Å². The third-order valence-electron chi connectivity index (χ3n) is 6.04. The lowest BCUT2D eigenvalue weighted by molar-refractivity contribution is -0.385. The average Bonchev–Trinajstić information content (AvgIpc) is 2.86. The molecule has 0 spiro atoms. The molecule has 0 radical (unpaired) electrons.